The van der Waals surface area contributed by atoms with E-state index in [9.17, 15) is 4.79 Å². The predicted molar refractivity (Wildman–Crippen MR) is 84.8 cm³/mol. The summed E-state index contributed by atoms with van der Waals surface area (Å²) in [4.78, 5) is 18.6. The van der Waals surface area contributed by atoms with Crippen LogP contribution in [-0.4, -0.2) is 16.4 Å². The average Bonchev–Trinajstić information content (AvgIpc) is 2.90. The molecule has 3 rings (SSSR count). The Morgan fingerprint density at radius 1 is 1.29 bits per heavy atom. The van der Waals surface area contributed by atoms with Crippen molar-refractivity contribution in [3.63, 3.8) is 0 Å². The van der Waals surface area contributed by atoms with E-state index in [1.165, 1.54) is 27.4 Å². The molecule has 21 heavy (non-hydrogen) atoms. The van der Waals surface area contributed by atoms with Gasteiger partial charge in [0, 0.05) is 23.2 Å². The highest BCUT2D eigenvalue weighted by molar-refractivity contribution is 7.15. The van der Waals surface area contributed by atoms with Gasteiger partial charge in [-0.1, -0.05) is 24.3 Å². The van der Waals surface area contributed by atoms with Gasteiger partial charge in [0.15, 0.2) is 4.96 Å². The maximum atomic E-state index is 12.0. The zero-order valence-corrected chi connectivity index (χ0v) is 13.0. The fourth-order valence-corrected chi connectivity index (χ4v) is 3.22. The van der Waals surface area contributed by atoms with Gasteiger partial charge < -0.3 is 4.90 Å². The number of hydrogen-bond acceptors (Lipinski definition) is 3. The monoisotopic (exact) mass is 300 g/mol. The average molecular weight is 300 g/mol. The van der Waals surface area contributed by atoms with Crippen molar-refractivity contribution in [3.8, 4) is 0 Å². The van der Waals surface area contributed by atoms with E-state index >= 15 is 0 Å². The molecule has 0 amide bonds. The fraction of sp³-hybridized carbons (Fsp3) is 0.250. The van der Waals surface area contributed by atoms with E-state index in [1.807, 2.05) is 5.38 Å². The summed E-state index contributed by atoms with van der Waals surface area (Å²) >= 11 is 1.49. The van der Waals surface area contributed by atoms with Crippen molar-refractivity contribution < 1.29 is 4.90 Å². The molecule has 0 aliphatic carbocycles. The number of nitrogens with one attached hydrogen (secondary N) is 1. The second kappa shape index (κ2) is 5.79. The molecule has 0 fully saturated rings. The minimum Gasteiger partial charge on any atom is -0.329 e. The van der Waals surface area contributed by atoms with Crippen LogP contribution in [0, 0.1) is 6.92 Å². The molecule has 1 N–H and O–H groups in total. The van der Waals surface area contributed by atoms with E-state index in [0.717, 1.165) is 23.7 Å². The molecule has 3 aromatic rings. The lowest BCUT2D eigenvalue weighted by molar-refractivity contribution is -0.908. The Hall–Kier alpha value is -1.98. The highest BCUT2D eigenvalue weighted by atomic mass is 32.1. The van der Waals surface area contributed by atoms with Crippen LogP contribution in [0.5, 0.6) is 0 Å². The molecule has 0 radical (unpaired) electrons. The normalized spacial score (nSPS) is 12.7. The SMILES string of the molecule is Cc1ccccc1C[NH+](C)Cc1cc(=O)n2ccsc2n1. The zero-order valence-electron chi connectivity index (χ0n) is 12.2. The number of thiazole rings is 1. The van der Waals surface area contributed by atoms with E-state index in [2.05, 4.69) is 43.2 Å². The maximum absolute atomic E-state index is 12.0. The highest BCUT2D eigenvalue weighted by Gasteiger charge is 2.10. The van der Waals surface area contributed by atoms with Crippen LogP contribution in [0.2, 0.25) is 0 Å². The van der Waals surface area contributed by atoms with Gasteiger partial charge in [-0.25, -0.2) is 4.98 Å². The van der Waals surface area contributed by atoms with Crippen molar-refractivity contribution in [1.82, 2.24) is 9.38 Å². The van der Waals surface area contributed by atoms with Crippen molar-refractivity contribution in [2.45, 2.75) is 20.0 Å². The lowest BCUT2D eigenvalue weighted by atomic mass is 10.1. The first-order valence-corrected chi connectivity index (χ1v) is 7.83. The molecule has 2 heterocycles. The number of nitrogens with zero attached hydrogens (tertiary/aromatic N) is 2. The molecule has 0 aliphatic rings. The first kappa shape index (κ1) is 14.0. The van der Waals surface area contributed by atoms with Crippen molar-refractivity contribution in [2.75, 3.05) is 7.05 Å². The Morgan fingerprint density at radius 3 is 2.90 bits per heavy atom. The molecule has 0 spiro atoms. The summed E-state index contributed by atoms with van der Waals surface area (Å²) in [7, 11) is 2.13. The van der Waals surface area contributed by atoms with Gasteiger partial charge in [-0.3, -0.25) is 9.20 Å². The number of quaternary nitrogens is 1. The number of fused-ring (bicyclic) bond motifs is 1. The Bertz CT molecular complexity index is 822. The number of hydrogen-bond donors (Lipinski definition) is 1. The van der Waals surface area contributed by atoms with Crippen LogP contribution < -0.4 is 10.5 Å². The zero-order chi connectivity index (χ0) is 14.8. The van der Waals surface area contributed by atoms with E-state index in [1.54, 1.807) is 16.7 Å². The van der Waals surface area contributed by atoms with Crippen molar-refractivity contribution in [2.24, 2.45) is 0 Å². The molecular formula is C16H18N3OS+. The lowest BCUT2D eigenvalue weighted by Crippen LogP contribution is -3.06. The minimum atomic E-state index is -0.0000540. The molecule has 0 saturated heterocycles. The van der Waals surface area contributed by atoms with E-state index in [-0.39, 0.29) is 5.56 Å². The first-order chi connectivity index (χ1) is 10.1. The maximum Gasteiger partial charge on any atom is 0.258 e. The summed E-state index contributed by atoms with van der Waals surface area (Å²) < 4.78 is 1.59. The summed E-state index contributed by atoms with van der Waals surface area (Å²) in [6, 6.07) is 10.1. The molecule has 1 unspecified atom stereocenters. The molecule has 0 bridgehead atoms. The number of benzene rings is 1. The lowest BCUT2D eigenvalue weighted by Gasteiger charge is -2.15. The third-order valence-electron chi connectivity index (χ3n) is 3.59. The first-order valence-electron chi connectivity index (χ1n) is 6.95. The Morgan fingerprint density at radius 2 is 2.10 bits per heavy atom. The largest absolute Gasteiger partial charge is 0.329 e. The van der Waals surface area contributed by atoms with Gasteiger partial charge in [-0.05, 0) is 12.5 Å². The molecule has 1 aromatic carbocycles. The van der Waals surface area contributed by atoms with Crippen LogP contribution in [-0.2, 0) is 13.1 Å². The molecule has 0 aliphatic heterocycles. The van der Waals surface area contributed by atoms with Gasteiger partial charge in [-0.2, -0.15) is 0 Å². The van der Waals surface area contributed by atoms with Gasteiger partial charge >= 0.3 is 0 Å². The standard InChI is InChI=1S/C16H17N3OS/c1-12-5-3-4-6-13(12)10-18(2)11-14-9-15(20)19-7-8-21-16(19)17-14/h3-9H,10-11H2,1-2H3/p+1. The molecular weight excluding hydrogens is 282 g/mol. The van der Waals surface area contributed by atoms with Gasteiger partial charge in [0.25, 0.3) is 5.56 Å². The third kappa shape index (κ3) is 3.04. The van der Waals surface area contributed by atoms with Crippen molar-refractivity contribution in [1.29, 1.82) is 0 Å². The quantitative estimate of drug-likeness (QED) is 0.788. The Balaban J connectivity index is 1.78. The van der Waals surface area contributed by atoms with Gasteiger partial charge in [0.1, 0.15) is 18.8 Å². The van der Waals surface area contributed by atoms with Crippen molar-refractivity contribution in [3.05, 3.63) is 69.1 Å². The van der Waals surface area contributed by atoms with Crippen LogP contribution in [0.25, 0.3) is 4.96 Å². The number of rotatable bonds is 4. The van der Waals surface area contributed by atoms with Crippen LogP contribution in [0.3, 0.4) is 0 Å². The smallest absolute Gasteiger partial charge is 0.258 e. The van der Waals surface area contributed by atoms with Crippen LogP contribution >= 0.6 is 11.3 Å². The summed E-state index contributed by atoms with van der Waals surface area (Å²) in [5.41, 5.74) is 3.50. The van der Waals surface area contributed by atoms with E-state index in [0.29, 0.717) is 0 Å². The fourth-order valence-electron chi connectivity index (χ4n) is 2.48. The number of aryl methyl sites for hydroxylation is 1. The van der Waals surface area contributed by atoms with E-state index < -0.39 is 0 Å². The van der Waals surface area contributed by atoms with Crippen molar-refractivity contribution >= 4 is 16.3 Å². The third-order valence-corrected chi connectivity index (χ3v) is 4.35. The van der Waals surface area contributed by atoms with Gasteiger partial charge in [0.2, 0.25) is 0 Å². The predicted octanol–water partition coefficient (Wildman–Crippen LogP) is 1.28. The summed E-state index contributed by atoms with van der Waals surface area (Å²) in [5.74, 6) is 0. The summed E-state index contributed by atoms with van der Waals surface area (Å²) in [6.45, 7) is 3.81. The molecule has 108 valence electrons. The molecule has 4 nitrogen and oxygen atoms in total. The van der Waals surface area contributed by atoms with Gasteiger partial charge in [0.05, 0.1) is 7.05 Å². The second-order valence-electron chi connectivity index (χ2n) is 5.38. The van der Waals surface area contributed by atoms with E-state index in [4.69, 9.17) is 0 Å². The molecule has 0 saturated carbocycles. The van der Waals surface area contributed by atoms with Crippen LogP contribution in [0.1, 0.15) is 16.8 Å². The molecule has 1 atom stereocenters. The van der Waals surface area contributed by atoms with Crippen LogP contribution in [0.4, 0.5) is 0 Å². The topological polar surface area (TPSA) is 38.8 Å². The molecule has 5 heteroatoms. The summed E-state index contributed by atoms with van der Waals surface area (Å²) in [5, 5.41) is 1.89. The minimum absolute atomic E-state index is 0.0000540. The van der Waals surface area contributed by atoms with Gasteiger partial charge in [-0.15, -0.1) is 11.3 Å². The Labute approximate surface area is 127 Å². The highest BCUT2D eigenvalue weighted by Crippen LogP contribution is 2.07. The number of aromatic nitrogens is 2. The van der Waals surface area contributed by atoms with Crippen LogP contribution in [0.15, 0.2) is 46.7 Å². The summed E-state index contributed by atoms with van der Waals surface area (Å²) in [6.07, 6.45) is 1.77. The molecule has 2 aromatic heterocycles. The Kier molecular flexibility index (Phi) is 3.86. The second-order valence-corrected chi connectivity index (χ2v) is 6.25.